The summed E-state index contributed by atoms with van der Waals surface area (Å²) >= 11 is 0. The number of fused-ring (bicyclic) bond motifs is 5. The number of halogens is 2. The molecule has 258 valence electrons. The summed E-state index contributed by atoms with van der Waals surface area (Å²) in [6.07, 6.45) is 12.0. The number of phenolic OH excluding ortho intramolecular Hbond substituents is 1. The van der Waals surface area contributed by atoms with Crippen molar-refractivity contribution in [2.75, 3.05) is 57.4 Å². The van der Waals surface area contributed by atoms with E-state index in [0.717, 1.165) is 90.0 Å². The number of hydrogen-bond acceptors (Lipinski definition) is 8. The molecule has 4 atom stereocenters. The van der Waals surface area contributed by atoms with Crippen molar-refractivity contribution < 1.29 is 23.4 Å². The Morgan fingerprint density at radius 2 is 1.76 bits per heavy atom. The summed E-state index contributed by atoms with van der Waals surface area (Å²) in [5.41, 5.74) is 1.75. The number of piperazine rings is 1. The van der Waals surface area contributed by atoms with Gasteiger partial charge in [0.05, 0.1) is 25.4 Å². The molecule has 6 aliphatic rings. The van der Waals surface area contributed by atoms with Crippen LogP contribution in [0.3, 0.4) is 0 Å². The number of ether oxygens (including phenoxy) is 2. The number of aromatic nitrogens is 2. The average Bonchev–Trinajstić information content (AvgIpc) is 3.98. The highest BCUT2D eigenvalue weighted by Crippen LogP contribution is 2.51. The molecule has 2 aliphatic carbocycles. The van der Waals surface area contributed by atoms with Crippen molar-refractivity contribution in [1.82, 2.24) is 20.2 Å². The lowest BCUT2D eigenvalue weighted by Gasteiger charge is -2.34. The van der Waals surface area contributed by atoms with E-state index in [1.807, 2.05) is 6.07 Å². The van der Waals surface area contributed by atoms with E-state index in [1.54, 1.807) is 6.07 Å². The van der Waals surface area contributed by atoms with Crippen molar-refractivity contribution in [3.05, 3.63) is 53.1 Å². The number of nitrogens with one attached hydrogen (secondary N) is 1. The highest BCUT2D eigenvalue weighted by atomic mass is 19.1. The Labute approximate surface area is 290 Å². The first-order chi connectivity index (χ1) is 24.3. The Balaban J connectivity index is 1.09. The first-order valence-electron chi connectivity index (χ1n) is 18.2. The molecule has 10 rings (SSSR count). The molecule has 2 N–H and O–H groups in total. The molecule has 0 spiro atoms. The monoisotopic (exact) mass is 677 g/mol. The van der Waals surface area contributed by atoms with Crippen LogP contribution in [0.15, 0.2) is 30.3 Å². The van der Waals surface area contributed by atoms with Gasteiger partial charge < -0.3 is 29.7 Å². The third kappa shape index (κ3) is 5.20. The zero-order valence-electron chi connectivity index (χ0n) is 28.1. The number of likely N-dealkylation sites (tertiary alicyclic amines) is 1. The number of phenols is 1. The molecule has 4 aromatic rings. The lowest BCUT2D eigenvalue weighted by molar-refractivity contribution is 0.131. The Morgan fingerprint density at radius 3 is 2.46 bits per heavy atom. The molecule has 4 aliphatic heterocycles. The van der Waals surface area contributed by atoms with Crippen molar-refractivity contribution in [2.45, 2.75) is 56.5 Å². The topological polar surface area (TPSA) is 83.0 Å². The Kier molecular flexibility index (Phi) is 7.07. The highest BCUT2D eigenvalue weighted by Gasteiger charge is 2.48. The van der Waals surface area contributed by atoms with Gasteiger partial charge in [0.1, 0.15) is 22.9 Å². The van der Waals surface area contributed by atoms with Gasteiger partial charge in [-0.3, -0.25) is 0 Å². The van der Waals surface area contributed by atoms with Crippen LogP contribution in [-0.2, 0) is 4.74 Å². The molecule has 0 radical (unpaired) electrons. The van der Waals surface area contributed by atoms with E-state index in [4.69, 9.17) is 25.9 Å². The third-order valence-corrected chi connectivity index (χ3v) is 12.3. The van der Waals surface area contributed by atoms with E-state index in [1.165, 1.54) is 18.2 Å². The Morgan fingerprint density at radius 1 is 1.00 bits per heavy atom. The minimum atomic E-state index is -0.561. The summed E-state index contributed by atoms with van der Waals surface area (Å²) in [5, 5.41) is 16.1. The molecule has 10 heteroatoms. The van der Waals surface area contributed by atoms with Gasteiger partial charge in [-0.05, 0) is 85.2 Å². The fraction of sp³-hybridized carbons (Fsp3) is 0.500. The summed E-state index contributed by atoms with van der Waals surface area (Å²) in [6, 6.07) is 8.83. The quantitative estimate of drug-likeness (QED) is 0.221. The summed E-state index contributed by atoms with van der Waals surface area (Å²) in [7, 11) is 0. The number of aromatic hydroxyl groups is 1. The third-order valence-electron chi connectivity index (χ3n) is 12.3. The standard InChI is InChI=1S/C40H41F2N5O3/c1-2-29-33(41)8-5-23-11-28(48)12-31(34(23)29)35-30(22-3-4-22)13-32-37(36(35)42)44-39(45-38(32)47-16-26-6-7-27(17-47)43-26)50-21-40(9-10-40)20-46-14-24-18-49-19-25(24)15-46/h1,5,8,11-13,22,24-27,43,48H,3-4,6-7,9-10,14-21H2. The number of rotatable bonds is 8. The van der Waals surface area contributed by atoms with Crippen molar-refractivity contribution in [1.29, 1.82) is 0 Å². The second-order valence-corrected chi connectivity index (χ2v) is 15.9. The largest absolute Gasteiger partial charge is 0.508 e. The summed E-state index contributed by atoms with van der Waals surface area (Å²) in [4.78, 5) is 14.7. The normalized spacial score (nSPS) is 26.9. The van der Waals surface area contributed by atoms with E-state index < -0.39 is 11.6 Å². The maximum absolute atomic E-state index is 17.5. The molecule has 4 saturated heterocycles. The number of nitrogens with zero attached hydrogens (tertiary/aromatic N) is 4. The van der Waals surface area contributed by atoms with Crippen molar-refractivity contribution >= 4 is 27.5 Å². The molecular weight excluding hydrogens is 636 g/mol. The van der Waals surface area contributed by atoms with Crippen LogP contribution in [0.4, 0.5) is 14.6 Å². The molecule has 5 heterocycles. The van der Waals surface area contributed by atoms with Crippen LogP contribution in [0, 0.1) is 41.2 Å². The first-order valence-corrected chi connectivity index (χ1v) is 18.2. The van der Waals surface area contributed by atoms with E-state index in [0.29, 0.717) is 63.6 Å². The molecule has 4 unspecified atom stereocenters. The van der Waals surface area contributed by atoms with Crippen molar-refractivity contribution in [2.24, 2.45) is 17.3 Å². The zero-order chi connectivity index (χ0) is 33.7. The van der Waals surface area contributed by atoms with Gasteiger partial charge in [0.25, 0.3) is 0 Å². The maximum atomic E-state index is 17.5. The van der Waals surface area contributed by atoms with E-state index in [9.17, 15) is 5.11 Å². The summed E-state index contributed by atoms with van der Waals surface area (Å²) < 4.78 is 44.9. The fourth-order valence-corrected chi connectivity index (χ4v) is 9.37. The molecule has 2 saturated carbocycles. The predicted molar refractivity (Wildman–Crippen MR) is 188 cm³/mol. The summed E-state index contributed by atoms with van der Waals surface area (Å²) in [5.74, 6) is 3.43. The van der Waals surface area contributed by atoms with E-state index in [-0.39, 0.29) is 34.2 Å². The van der Waals surface area contributed by atoms with E-state index in [2.05, 4.69) is 21.0 Å². The first kappa shape index (κ1) is 30.8. The predicted octanol–water partition coefficient (Wildman–Crippen LogP) is 5.97. The lowest BCUT2D eigenvalue weighted by atomic mass is 9.88. The van der Waals surface area contributed by atoms with Crippen molar-refractivity contribution in [3.8, 4) is 35.2 Å². The van der Waals surface area contributed by atoms with Crippen LogP contribution in [0.1, 0.15) is 55.6 Å². The second-order valence-electron chi connectivity index (χ2n) is 15.9. The van der Waals surface area contributed by atoms with Gasteiger partial charge >= 0.3 is 6.01 Å². The molecule has 8 nitrogen and oxygen atoms in total. The molecular formula is C40H41F2N5O3. The molecule has 1 aromatic heterocycles. The van der Waals surface area contributed by atoms with Gasteiger partial charge in [0, 0.05) is 78.4 Å². The van der Waals surface area contributed by atoms with Gasteiger partial charge in [-0.2, -0.15) is 9.97 Å². The Bertz CT molecular complexity index is 2070. The van der Waals surface area contributed by atoms with Crippen molar-refractivity contribution in [3.63, 3.8) is 0 Å². The number of benzene rings is 3. The zero-order valence-corrected chi connectivity index (χ0v) is 28.1. The molecule has 6 fully saturated rings. The van der Waals surface area contributed by atoms with Gasteiger partial charge in [-0.1, -0.05) is 12.0 Å². The van der Waals surface area contributed by atoms with Gasteiger partial charge in [-0.25, -0.2) is 8.78 Å². The van der Waals surface area contributed by atoms with Crippen LogP contribution < -0.4 is 15.0 Å². The van der Waals surface area contributed by atoms with Crippen LogP contribution in [0.25, 0.3) is 32.8 Å². The number of hydrogen-bond donors (Lipinski definition) is 2. The van der Waals surface area contributed by atoms with Crippen LogP contribution in [0.5, 0.6) is 11.8 Å². The highest BCUT2D eigenvalue weighted by molar-refractivity contribution is 6.05. The minimum Gasteiger partial charge on any atom is -0.508 e. The average molecular weight is 678 g/mol. The SMILES string of the molecule is C#Cc1c(F)ccc2cc(O)cc(-c3c(C4CC4)cc4c(N5CC6CCC(C5)N6)nc(OCC5(CN6CC7COCC7C6)CC5)nc4c3F)c12. The van der Waals surface area contributed by atoms with Crippen LogP contribution in [-0.4, -0.2) is 84.6 Å². The van der Waals surface area contributed by atoms with Crippen LogP contribution >= 0.6 is 0 Å². The fourth-order valence-electron chi connectivity index (χ4n) is 9.37. The number of terminal acetylenes is 1. The van der Waals surface area contributed by atoms with Crippen LogP contribution in [0.2, 0.25) is 0 Å². The smallest absolute Gasteiger partial charge is 0.319 e. The van der Waals surface area contributed by atoms with Gasteiger partial charge in [-0.15, -0.1) is 6.42 Å². The molecule has 3 aromatic carbocycles. The summed E-state index contributed by atoms with van der Waals surface area (Å²) in [6.45, 7) is 6.86. The molecule has 2 bridgehead atoms. The maximum Gasteiger partial charge on any atom is 0.319 e. The lowest BCUT2D eigenvalue weighted by Crippen LogP contribution is -2.51. The van der Waals surface area contributed by atoms with E-state index >= 15 is 8.78 Å². The molecule has 0 amide bonds. The Hall–Kier alpha value is -4.04. The number of anilines is 1. The second kappa shape index (κ2) is 11.5. The van der Waals surface area contributed by atoms with Gasteiger partial charge in [0.15, 0.2) is 5.82 Å². The minimum absolute atomic E-state index is 0.0435. The molecule has 50 heavy (non-hydrogen) atoms. The van der Waals surface area contributed by atoms with Gasteiger partial charge in [0.2, 0.25) is 0 Å².